The summed E-state index contributed by atoms with van der Waals surface area (Å²) in [6.45, 7) is 5.39. The normalized spacial score (nSPS) is 18.6. The van der Waals surface area contributed by atoms with Crippen molar-refractivity contribution >= 4 is 29.3 Å². The minimum absolute atomic E-state index is 0.0289. The molecule has 2 N–H and O–H groups in total. The molecule has 1 aliphatic rings. The van der Waals surface area contributed by atoms with Crippen LogP contribution in [0, 0.1) is 11.3 Å². The molecular weight excluding hydrogens is 348 g/mol. The third-order valence-corrected chi connectivity index (χ3v) is 5.33. The van der Waals surface area contributed by atoms with Gasteiger partial charge in [0.05, 0.1) is 18.3 Å². The van der Waals surface area contributed by atoms with Gasteiger partial charge in [-0.15, -0.1) is 11.8 Å². The second-order valence-electron chi connectivity index (χ2n) is 6.61. The van der Waals surface area contributed by atoms with Gasteiger partial charge in [-0.1, -0.05) is 19.1 Å². The third kappa shape index (κ3) is 6.70. The Labute approximate surface area is 159 Å². The maximum atomic E-state index is 12.5. The Morgan fingerprint density at radius 1 is 1.42 bits per heavy atom. The SMILES string of the molecule is CC(=O)N[C@H]1CCCN(CC(=O)Nc2ccccc2S[C@H](C)CC#N)C1. The zero-order valence-electron chi connectivity index (χ0n) is 15.3. The van der Waals surface area contributed by atoms with E-state index in [-0.39, 0.29) is 23.1 Å². The van der Waals surface area contributed by atoms with E-state index < -0.39 is 0 Å². The third-order valence-electron chi connectivity index (χ3n) is 4.15. The molecule has 1 fully saturated rings. The lowest BCUT2D eigenvalue weighted by Gasteiger charge is -2.32. The van der Waals surface area contributed by atoms with Crippen molar-refractivity contribution in [3.63, 3.8) is 0 Å². The van der Waals surface area contributed by atoms with Gasteiger partial charge in [-0.25, -0.2) is 0 Å². The molecule has 0 radical (unpaired) electrons. The van der Waals surface area contributed by atoms with Crippen molar-refractivity contribution in [2.45, 2.75) is 49.3 Å². The van der Waals surface area contributed by atoms with E-state index in [4.69, 9.17) is 5.26 Å². The fourth-order valence-corrected chi connectivity index (χ4v) is 4.05. The molecule has 2 amide bonds. The average Bonchev–Trinajstić information content (AvgIpc) is 2.56. The van der Waals surface area contributed by atoms with E-state index in [2.05, 4.69) is 21.6 Å². The number of amides is 2. The van der Waals surface area contributed by atoms with E-state index in [0.29, 0.717) is 19.5 Å². The highest BCUT2D eigenvalue weighted by molar-refractivity contribution is 8.00. The van der Waals surface area contributed by atoms with Crippen LogP contribution < -0.4 is 10.6 Å². The largest absolute Gasteiger partial charge is 0.352 e. The topological polar surface area (TPSA) is 85.2 Å². The van der Waals surface area contributed by atoms with Crippen molar-refractivity contribution in [3.05, 3.63) is 24.3 Å². The van der Waals surface area contributed by atoms with Gasteiger partial charge in [0, 0.05) is 36.1 Å². The molecule has 1 aromatic rings. The van der Waals surface area contributed by atoms with Crippen LogP contribution in [-0.2, 0) is 9.59 Å². The first-order valence-electron chi connectivity index (χ1n) is 8.90. The minimum Gasteiger partial charge on any atom is -0.352 e. The molecule has 2 atom stereocenters. The van der Waals surface area contributed by atoms with Crippen LogP contribution in [0.15, 0.2) is 29.2 Å². The van der Waals surface area contributed by atoms with Crippen LogP contribution in [0.1, 0.15) is 33.1 Å². The van der Waals surface area contributed by atoms with E-state index >= 15 is 0 Å². The molecule has 0 spiro atoms. The van der Waals surface area contributed by atoms with Crippen molar-refractivity contribution < 1.29 is 9.59 Å². The van der Waals surface area contributed by atoms with Crippen LogP contribution in [0.4, 0.5) is 5.69 Å². The summed E-state index contributed by atoms with van der Waals surface area (Å²) in [5.74, 6) is -0.0896. The summed E-state index contributed by atoms with van der Waals surface area (Å²) in [6.07, 6.45) is 2.38. The second-order valence-corrected chi connectivity index (χ2v) is 8.09. The number of piperidine rings is 1. The van der Waals surface area contributed by atoms with Crippen molar-refractivity contribution in [1.29, 1.82) is 5.26 Å². The molecule has 1 aromatic carbocycles. The highest BCUT2D eigenvalue weighted by atomic mass is 32.2. The van der Waals surface area contributed by atoms with Crippen LogP contribution in [0.25, 0.3) is 0 Å². The number of rotatable bonds is 7. The maximum absolute atomic E-state index is 12.5. The van der Waals surface area contributed by atoms with Gasteiger partial charge in [-0.2, -0.15) is 5.26 Å². The van der Waals surface area contributed by atoms with Gasteiger partial charge in [-0.3, -0.25) is 14.5 Å². The molecule has 0 bridgehead atoms. The number of likely N-dealkylation sites (tertiary alicyclic amines) is 1. The molecule has 0 unspecified atom stereocenters. The number of carbonyl (C=O) groups is 2. The molecule has 0 aromatic heterocycles. The molecule has 7 heteroatoms. The smallest absolute Gasteiger partial charge is 0.238 e. The number of nitrogens with one attached hydrogen (secondary N) is 2. The second kappa shape index (κ2) is 10.2. The molecular formula is C19H26N4O2S. The Hall–Kier alpha value is -2.04. The molecule has 1 aliphatic heterocycles. The zero-order chi connectivity index (χ0) is 18.9. The van der Waals surface area contributed by atoms with Crippen LogP contribution >= 0.6 is 11.8 Å². The van der Waals surface area contributed by atoms with Gasteiger partial charge in [0.15, 0.2) is 0 Å². The highest BCUT2D eigenvalue weighted by Gasteiger charge is 2.22. The molecule has 0 aliphatic carbocycles. The summed E-state index contributed by atoms with van der Waals surface area (Å²) in [6, 6.07) is 9.96. The summed E-state index contributed by atoms with van der Waals surface area (Å²) in [5, 5.41) is 14.9. The Morgan fingerprint density at radius 2 is 2.19 bits per heavy atom. The summed E-state index contributed by atoms with van der Waals surface area (Å²) in [5.41, 5.74) is 0.780. The van der Waals surface area contributed by atoms with E-state index in [0.717, 1.165) is 30.0 Å². The molecule has 2 rings (SSSR count). The van der Waals surface area contributed by atoms with Gasteiger partial charge >= 0.3 is 0 Å². The van der Waals surface area contributed by atoms with E-state index in [1.807, 2.05) is 31.2 Å². The first-order chi connectivity index (χ1) is 12.5. The monoisotopic (exact) mass is 374 g/mol. The molecule has 26 heavy (non-hydrogen) atoms. The average molecular weight is 375 g/mol. The number of benzene rings is 1. The number of para-hydroxylation sites is 1. The molecule has 1 heterocycles. The summed E-state index contributed by atoms with van der Waals surface area (Å²) >= 11 is 1.59. The van der Waals surface area contributed by atoms with E-state index in [1.165, 1.54) is 6.92 Å². The van der Waals surface area contributed by atoms with Crippen LogP contribution in [-0.4, -0.2) is 47.6 Å². The molecule has 140 valence electrons. The number of hydrogen-bond acceptors (Lipinski definition) is 5. The predicted molar refractivity (Wildman–Crippen MR) is 104 cm³/mol. The quantitative estimate of drug-likeness (QED) is 0.717. The van der Waals surface area contributed by atoms with Crippen molar-refractivity contribution in [2.75, 3.05) is 25.0 Å². The Balaban J connectivity index is 1.91. The van der Waals surface area contributed by atoms with Gasteiger partial charge in [0.2, 0.25) is 11.8 Å². The summed E-state index contributed by atoms with van der Waals surface area (Å²) < 4.78 is 0. The number of hydrogen-bond donors (Lipinski definition) is 2. The molecule has 1 saturated heterocycles. The zero-order valence-corrected chi connectivity index (χ0v) is 16.1. The van der Waals surface area contributed by atoms with Gasteiger partial charge in [0.25, 0.3) is 0 Å². The standard InChI is InChI=1S/C19H26N4O2S/c1-14(9-10-20)26-18-8-4-3-7-17(18)22-19(25)13-23-11-5-6-16(12-23)21-15(2)24/h3-4,7-8,14,16H,5-6,9,11-13H2,1-2H3,(H,21,24)(H,22,25)/t14-,16+/m1/s1. The van der Waals surface area contributed by atoms with Gasteiger partial charge in [-0.05, 0) is 31.5 Å². The van der Waals surface area contributed by atoms with E-state index in [1.54, 1.807) is 11.8 Å². The lowest BCUT2D eigenvalue weighted by molar-refractivity contribution is -0.120. The Kier molecular flexibility index (Phi) is 7.95. The number of carbonyl (C=O) groups excluding carboxylic acids is 2. The van der Waals surface area contributed by atoms with Crippen LogP contribution in [0.5, 0.6) is 0 Å². The fraction of sp³-hybridized carbons (Fsp3) is 0.526. The Morgan fingerprint density at radius 3 is 2.92 bits per heavy atom. The van der Waals surface area contributed by atoms with Gasteiger partial charge in [0.1, 0.15) is 0 Å². The van der Waals surface area contributed by atoms with Crippen molar-refractivity contribution in [2.24, 2.45) is 0 Å². The Bertz CT molecular complexity index is 674. The van der Waals surface area contributed by atoms with Crippen LogP contribution in [0.3, 0.4) is 0 Å². The van der Waals surface area contributed by atoms with Crippen molar-refractivity contribution in [3.8, 4) is 6.07 Å². The van der Waals surface area contributed by atoms with E-state index in [9.17, 15) is 9.59 Å². The molecule has 6 nitrogen and oxygen atoms in total. The summed E-state index contributed by atoms with van der Waals surface area (Å²) in [7, 11) is 0. The minimum atomic E-state index is -0.0607. The maximum Gasteiger partial charge on any atom is 0.238 e. The number of thioether (sulfide) groups is 1. The van der Waals surface area contributed by atoms with Gasteiger partial charge < -0.3 is 10.6 Å². The lowest BCUT2D eigenvalue weighted by Crippen LogP contribution is -2.49. The highest BCUT2D eigenvalue weighted by Crippen LogP contribution is 2.31. The first kappa shape index (κ1) is 20.3. The first-order valence-corrected chi connectivity index (χ1v) is 9.78. The number of nitriles is 1. The fourth-order valence-electron chi connectivity index (χ4n) is 3.06. The predicted octanol–water partition coefficient (Wildman–Crippen LogP) is 2.62. The van der Waals surface area contributed by atoms with Crippen LogP contribution in [0.2, 0.25) is 0 Å². The number of nitrogens with zero attached hydrogens (tertiary/aromatic N) is 2. The lowest BCUT2D eigenvalue weighted by atomic mass is 10.1. The molecule has 0 saturated carbocycles. The number of anilines is 1. The summed E-state index contributed by atoms with van der Waals surface area (Å²) in [4.78, 5) is 26.7. The van der Waals surface area contributed by atoms with Crippen molar-refractivity contribution in [1.82, 2.24) is 10.2 Å².